The largest absolute Gasteiger partial charge is 0.322 e. The molecule has 0 atom stereocenters. The van der Waals surface area contributed by atoms with Gasteiger partial charge in [-0.15, -0.1) is 0 Å². The van der Waals surface area contributed by atoms with Gasteiger partial charge in [-0.1, -0.05) is 0 Å². The second-order valence-electron chi connectivity index (χ2n) is 6.78. The molecule has 35 heavy (non-hydrogen) atoms. The van der Waals surface area contributed by atoms with Crippen LogP contribution >= 0.6 is 0 Å². The van der Waals surface area contributed by atoms with Crippen molar-refractivity contribution in [2.75, 3.05) is 10.6 Å². The van der Waals surface area contributed by atoms with Gasteiger partial charge in [-0.2, -0.15) is 8.78 Å². The van der Waals surface area contributed by atoms with E-state index in [0.717, 1.165) is 54.6 Å². The fraction of sp³-hybridized carbons (Fsp3) is 0. The predicted octanol–water partition coefficient (Wildman–Crippen LogP) is 4.19. The number of rotatable bonds is 7. The van der Waals surface area contributed by atoms with Crippen LogP contribution in [-0.2, 0) is 0 Å². The number of carbonyl (C=O) groups excluding carboxylic acids is 2. The molecule has 0 saturated heterocycles. The highest BCUT2D eigenvalue weighted by molar-refractivity contribution is 6.09. The molecule has 0 spiro atoms. The first-order valence-corrected chi connectivity index (χ1v) is 9.26. The number of nitrogens with one attached hydrogen (secondary N) is 2. The summed E-state index contributed by atoms with van der Waals surface area (Å²) in [6.45, 7) is 0. The lowest BCUT2D eigenvalue weighted by atomic mass is 10.1. The van der Waals surface area contributed by atoms with E-state index < -0.39 is 66.4 Å². The summed E-state index contributed by atoms with van der Waals surface area (Å²) in [5, 5.41) is 37.4. The predicted molar refractivity (Wildman–Crippen MR) is 115 cm³/mol. The second-order valence-corrected chi connectivity index (χ2v) is 6.78. The van der Waals surface area contributed by atoms with E-state index in [-0.39, 0.29) is 11.4 Å². The van der Waals surface area contributed by atoms with Crippen molar-refractivity contribution < 1.29 is 33.1 Å². The number of anilines is 2. The third-order valence-corrected chi connectivity index (χ3v) is 4.45. The number of hydrogen-bond acceptors (Lipinski definition) is 8. The number of benzene rings is 3. The Balaban J connectivity index is 1.92. The number of nitro groups is 3. The molecule has 3 aromatic rings. The Labute approximate surface area is 192 Å². The summed E-state index contributed by atoms with van der Waals surface area (Å²) >= 11 is 0. The molecule has 0 aliphatic carbocycles. The highest BCUT2D eigenvalue weighted by Gasteiger charge is 2.21. The lowest BCUT2D eigenvalue weighted by molar-refractivity contribution is -0.387. The standard InChI is InChI=1S/C20H11F2N5O8/c21-15-3-1-12(8-17(15)26(32)33)23-19(28)10-5-11(7-14(6-10)25(30)31)20(29)24-13-2-4-16(22)18(9-13)27(34)35/h1-9H,(H,23,28)(H,24,29). The van der Waals surface area contributed by atoms with Gasteiger partial charge in [-0.3, -0.25) is 39.9 Å². The van der Waals surface area contributed by atoms with Crippen LogP contribution in [0.15, 0.2) is 54.6 Å². The fourth-order valence-electron chi connectivity index (χ4n) is 2.85. The first-order chi connectivity index (χ1) is 16.5. The quantitative estimate of drug-likeness (QED) is 0.366. The van der Waals surface area contributed by atoms with Gasteiger partial charge in [0.05, 0.1) is 14.8 Å². The molecule has 0 heterocycles. The molecule has 0 aliphatic heterocycles. The van der Waals surface area contributed by atoms with Crippen molar-refractivity contribution in [3.05, 3.63) is 108 Å². The van der Waals surface area contributed by atoms with Crippen molar-refractivity contribution in [2.24, 2.45) is 0 Å². The molecule has 0 saturated carbocycles. The molecule has 2 N–H and O–H groups in total. The van der Waals surface area contributed by atoms with Crippen LogP contribution in [0.3, 0.4) is 0 Å². The van der Waals surface area contributed by atoms with Crippen molar-refractivity contribution in [3.63, 3.8) is 0 Å². The van der Waals surface area contributed by atoms with Crippen molar-refractivity contribution in [1.82, 2.24) is 0 Å². The summed E-state index contributed by atoms with van der Waals surface area (Å²) in [4.78, 5) is 55.3. The Morgan fingerprint density at radius 1 is 0.629 bits per heavy atom. The zero-order chi connectivity index (χ0) is 25.9. The van der Waals surface area contributed by atoms with E-state index in [9.17, 15) is 48.7 Å². The molecule has 3 aromatic carbocycles. The molecule has 2 amide bonds. The summed E-state index contributed by atoms with van der Waals surface area (Å²) in [7, 11) is 0. The van der Waals surface area contributed by atoms with Crippen molar-refractivity contribution in [1.29, 1.82) is 0 Å². The molecule has 13 nitrogen and oxygen atoms in total. The first-order valence-electron chi connectivity index (χ1n) is 9.26. The van der Waals surface area contributed by atoms with Crippen molar-refractivity contribution >= 4 is 40.3 Å². The molecule has 0 bridgehead atoms. The number of nitrogens with zero attached hydrogens (tertiary/aromatic N) is 3. The number of hydrogen-bond donors (Lipinski definition) is 2. The molecule has 0 aliphatic rings. The Morgan fingerprint density at radius 2 is 1.03 bits per heavy atom. The Morgan fingerprint density at radius 3 is 1.37 bits per heavy atom. The molecular formula is C20H11F2N5O8. The minimum atomic E-state index is -1.15. The zero-order valence-electron chi connectivity index (χ0n) is 17.1. The third kappa shape index (κ3) is 5.54. The van der Waals surface area contributed by atoms with Crippen molar-refractivity contribution in [3.8, 4) is 0 Å². The van der Waals surface area contributed by atoms with Crippen LogP contribution < -0.4 is 10.6 Å². The Bertz CT molecular complexity index is 1320. The molecule has 0 unspecified atom stereocenters. The van der Waals surface area contributed by atoms with Crippen LogP contribution in [0.25, 0.3) is 0 Å². The summed E-state index contributed by atoms with van der Waals surface area (Å²) < 4.78 is 27.0. The molecule has 0 fully saturated rings. The number of amides is 2. The van der Waals surface area contributed by atoms with E-state index in [2.05, 4.69) is 10.6 Å². The van der Waals surface area contributed by atoms with Gasteiger partial charge in [0, 0.05) is 46.8 Å². The van der Waals surface area contributed by atoms with E-state index in [1.54, 1.807) is 0 Å². The van der Waals surface area contributed by atoms with Gasteiger partial charge in [-0.25, -0.2) is 0 Å². The first kappa shape index (κ1) is 24.3. The highest BCUT2D eigenvalue weighted by atomic mass is 19.1. The molecule has 178 valence electrons. The van der Waals surface area contributed by atoms with E-state index >= 15 is 0 Å². The highest BCUT2D eigenvalue weighted by Crippen LogP contribution is 2.25. The van der Waals surface area contributed by atoms with E-state index in [4.69, 9.17) is 0 Å². The van der Waals surface area contributed by atoms with Crippen LogP contribution in [0.4, 0.5) is 37.2 Å². The van der Waals surface area contributed by atoms with E-state index in [1.807, 2.05) is 0 Å². The SMILES string of the molecule is O=C(Nc1ccc(F)c([N+](=O)[O-])c1)c1cc(C(=O)Nc2ccc(F)c([N+](=O)[O-])c2)cc([N+](=O)[O-])c1. The molecule has 15 heteroatoms. The second kappa shape index (κ2) is 9.65. The van der Waals surface area contributed by atoms with Crippen LogP contribution in [0.2, 0.25) is 0 Å². The number of halogens is 2. The van der Waals surface area contributed by atoms with Gasteiger partial charge in [0.15, 0.2) is 0 Å². The van der Waals surface area contributed by atoms with Gasteiger partial charge in [-0.05, 0) is 30.3 Å². The van der Waals surface area contributed by atoms with Crippen LogP contribution in [0, 0.1) is 42.0 Å². The van der Waals surface area contributed by atoms with Gasteiger partial charge in [0.1, 0.15) is 0 Å². The maximum absolute atomic E-state index is 13.5. The minimum absolute atomic E-state index is 0.195. The van der Waals surface area contributed by atoms with E-state index in [0.29, 0.717) is 0 Å². The van der Waals surface area contributed by atoms with Crippen molar-refractivity contribution in [2.45, 2.75) is 0 Å². The Kier molecular flexibility index (Phi) is 6.70. The summed E-state index contributed by atoms with van der Waals surface area (Å²) in [5.74, 6) is -4.33. The van der Waals surface area contributed by atoms with Gasteiger partial charge < -0.3 is 10.6 Å². The number of non-ortho nitro benzene ring substituents is 1. The van der Waals surface area contributed by atoms with Gasteiger partial charge >= 0.3 is 11.4 Å². The lowest BCUT2D eigenvalue weighted by Gasteiger charge is -2.09. The maximum Gasteiger partial charge on any atom is 0.306 e. The topological polar surface area (TPSA) is 188 Å². The average molecular weight is 487 g/mol. The van der Waals surface area contributed by atoms with E-state index in [1.165, 1.54) is 0 Å². The third-order valence-electron chi connectivity index (χ3n) is 4.45. The zero-order valence-corrected chi connectivity index (χ0v) is 17.1. The fourth-order valence-corrected chi connectivity index (χ4v) is 2.85. The molecule has 0 radical (unpaired) electrons. The molecule has 3 rings (SSSR count). The number of nitro benzene ring substituents is 3. The number of carbonyl (C=O) groups is 2. The van der Waals surface area contributed by atoms with Crippen LogP contribution in [0.1, 0.15) is 20.7 Å². The monoisotopic (exact) mass is 487 g/mol. The summed E-state index contributed by atoms with van der Waals surface area (Å²) in [6.07, 6.45) is 0. The normalized spacial score (nSPS) is 10.3. The van der Waals surface area contributed by atoms with Gasteiger partial charge in [0.2, 0.25) is 11.6 Å². The summed E-state index contributed by atoms with van der Waals surface area (Å²) in [6, 6.07) is 7.59. The van der Waals surface area contributed by atoms with Crippen LogP contribution in [0.5, 0.6) is 0 Å². The van der Waals surface area contributed by atoms with Crippen LogP contribution in [-0.4, -0.2) is 26.6 Å². The van der Waals surface area contributed by atoms with Gasteiger partial charge in [0.25, 0.3) is 17.5 Å². The smallest absolute Gasteiger partial charge is 0.306 e. The lowest BCUT2D eigenvalue weighted by Crippen LogP contribution is -2.16. The average Bonchev–Trinajstić information content (AvgIpc) is 2.80. The molecule has 0 aromatic heterocycles. The minimum Gasteiger partial charge on any atom is -0.322 e. The maximum atomic E-state index is 13.5. The Hall–Kier alpha value is -5.34. The molecular weight excluding hydrogens is 476 g/mol. The summed E-state index contributed by atoms with van der Waals surface area (Å²) in [5.41, 5.74) is -3.70.